The molecule has 2 nitrogen and oxygen atoms in total. The summed E-state index contributed by atoms with van der Waals surface area (Å²) in [5.41, 5.74) is 1.81. The van der Waals surface area contributed by atoms with Crippen molar-refractivity contribution >= 4 is 17.8 Å². The van der Waals surface area contributed by atoms with E-state index in [2.05, 4.69) is 4.37 Å². The van der Waals surface area contributed by atoms with Gasteiger partial charge in [0.15, 0.2) is 6.29 Å². The van der Waals surface area contributed by atoms with Gasteiger partial charge in [0.1, 0.15) is 0 Å². The summed E-state index contributed by atoms with van der Waals surface area (Å²) < 4.78 is 4.22. The molecule has 2 rings (SSSR count). The Bertz CT molecular complexity index is 278. The van der Waals surface area contributed by atoms with Gasteiger partial charge < -0.3 is 0 Å². The molecular formula is C9H11NOS. The van der Waals surface area contributed by atoms with Gasteiger partial charge in [0, 0.05) is 10.9 Å². The van der Waals surface area contributed by atoms with Crippen molar-refractivity contribution in [3.63, 3.8) is 0 Å². The van der Waals surface area contributed by atoms with E-state index in [4.69, 9.17) is 0 Å². The van der Waals surface area contributed by atoms with Gasteiger partial charge >= 0.3 is 0 Å². The zero-order valence-corrected chi connectivity index (χ0v) is 7.64. The highest BCUT2D eigenvalue weighted by atomic mass is 32.1. The number of hydrogen-bond donors (Lipinski definition) is 0. The van der Waals surface area contributed by atoms with Gasteiger partial charge in [-0.05, 0) is 23.9 Å². The number of carbonyl (C=O) groups excluding carboxylic acids is 1. The van der Waals surface area contributed by atoms with Crippen LogP contribution in [0.5, 0.6) is 0 Å². The summed E-state index contributed by atoms with van der Waals surface area (Å²) in [5, 5.41) is 1.83. The maximum absolute atomic E-state index is 10.5. The number of rotatable bonds is 3. The van der Waals surface area contributed by atoms with Crippen LogP contribution < -0.4 is 0 Å². The minimum atomic E-state index is 0.797. The standard InChI is InChI=1S/C9H11NOS/c11-5-8-6-12-10-9(8)4-7-2-1-3-7/h5-7H,1-4H2. The van der Waals surface area contributed by atoms with Crippen LogP contribution in [0.3, 0.4) is 0 Å². The molecule has 1 aliphatic carbocycles. The van der Waals surface area contributed by atoms with E-state index in [9.17, 15) is 4.79 Å². The lowest BCUT2D eigenvalue weighted by Crippen LogP contribution is -2.14. The normalized spacial score (nSPS) is 17.3. The first kappa shape index (κ1) is 7.92. The Morgan fingerprint density at radius 3 is 3.08 bits per heavy atom. The average molecular weight is 181 g/mol. The summed E-state index contributed by atoms with van der Waals surface area (Å²) in [6.07, 6.45) is 5.91. The van der Waals surface area contributed by atoms with E-state index in [1.807, 2.05) is 5.38 Å². The monoisotopic (exact) mass is 181 g/mol. The number of nitrogens with zero attached hydrogens (tertiary/aromatic N) is 1. The van der Waals surface area contributed by atoms with Gasteiger partial charge in [0.25, 0.3) is 0 Å². The summed E-state index contributed by atoms with van der Waals surface area (Å²) in [5.74, 6) is 0.797. The van der Waals surface area contributed by atoms with Crippen LogP contribution >= 0.6 is 11.5 Å². The first-order valence-corrected chi connectivity index (χ1v) is 5.12. The zero-order valence-electron chi connectivity index (χ0n) is 6.82. The van der Waals surface area contributed by atoms with Crippen LogP contribution in [0, 0.1) is 5.92 Å². The molecule has 64 valence electrons. The summed E-state index contributed by atoms with van der Waals surface area (Å²) in [6, 6.07) is 0. The fourth-order valence-electron chi connectivity index (χ4n) is 1.49. The predicted molar refractivity (Wildman–Crippen MR) is 48.5 cm³/mol. The molecule has 0 spiro atoms. The van der Waals surface area contributed by atoms with E-state index < -0.39 is 0 Å². The summed E-state index contributed by atoms with van der Waals surface area (Å²) in [6.45, 7) is 0. The van der Waals surface area contributed by atoms with E-state index >= 15 is 0 Å². The smallest absolute Gasteiger partial charge is 0.152 e. The van der Waals surface area contributed by atoms with Gasteiger partial charge in [-0.15, -0.1) is 0 Å². The van der Waals surface area contributed by atoms with Crippen molar-refractivity contribution in [2.75, 3.05) is 0 Å². The van der Waals surface area contributed by atoms with Crippen molar-refractivity contribution in [1.82, 2.24) is 4.37 Å². The minimum absolute atomic E-state index is 0.797. The molecule has 12 heavy (non-hydrogen) atoms. The molecular weight excluding hydrogens is 170 g/mol. The molecule has 0 aromatic carbocycles. The van der Waals surface area contributed by atoms with E-state index in [0.29, 0.717) is 0 Å². The van der Waals surface area contributed by atoms with Crippen LogP contribution in [0.25, 0.3) is 0 Å². The Morgan fingerprint density at radius 2 is 2.50 bits per heavy atom. The lowest BCUT2D eigenvalue weighted by atomic mass is 9.82. The second-order valence-electron chi connectivity index (χ2n) is 3.34. The largest absolute Gasteiger partial charge is 0.298 e. The van der Waals surface area contributed by atoms with Gasteiger partial charge in [0.05, 0.1) is 5.69 Å². The zero-order chi connectivity index (χ0) is 8.39. The summed E-state index contributed by atoms with van der Waals surface area (Å²) in [7, 11) is 0. The quantitative estimate of drug-likeness (QED) is 0.670. The number of carbonyl (C=O) groups is 1. The topological polar surface area (TPSA) is 30.0 Å². The highest BCUT2D eigenvalue weighted by Gasteiger charge is 2.20. The first-order valence-electron chi connectivity index (χ1n) is 4.28. The van der Waals surface area contributed by atoms with Crippen LogP contribution in [0.15, 0.2) is 5.38 Å². The van der Waals surface area contributed by atoms with Crippen molar-refractivity contribution in [3.8, 4) is 0 Å². The van der Waals surface area contributed by atoms with E-state index in [1.54, 1.807) is 0 Å². The first-order chi connectivity index (χ1) is 5.90. The molecule has 1 fully saturated rings. The summed E-state index contributed by atoms with van der Waals surface area (Å²) >= 11 is 1.39. The summed E-state index contributed by atoms with van der Waals surface area (Å²) in [4.78, 5) is 10.5. The molecule has 0 atom stereocenters. The third-order valence-corrected chi connectivity index (χ3v) is 3.19. The molecule has 1 saturated carbocycles. The van der Waals surface area contributed by atoms with Crippen molar-refractivity contribution in [2.45, 2.75) is 25.7 Å². The third-order valence-electron chi connectivity index (χ3n) is 2.51. The Balaban J connectivity index is 2.05. The van der Waals surface area contributed by atoms with Gasteiger partial charge in [-0.25, -0.2) is 0 Å². The number of aldehydes is 1. The maximum atomic E-state index is 10.5. The fourth-order valence-corrected chi connectivity index (χ4v) is 2.15. The SMILES string of the molecule is O=Cc1csnc1CC1CCC1. The van der Waals surface area contributed by atoms with Crippen LogP contribution in [-0.2, 0) is 6.42 Å². The highest BCUT2D eigenvalue weighted by molar-refractivity contribution is 7.03. The molecule has 0 aliphatic heterocycles. The van der Waals surface area contributed by atoms with Gasteiger partial charge in [-0.3, -0.25) is 4.79 Å². The molecule has 0 bridgehead atoms. The molecule has 1 aromatic heterocycles. The Kier molecular flexibility index (Phi) is 2.21. The van der Waals surface area contributed by atoms with Crippen molar-refractivity contribution in [1.29, 1.82) is 0 Å². The molecule has 1 aliphatic rings. The second kappa shape index (κ2) is 3.35. The van der Waals surface area contributed by atoms with Gasteiger partial charge in [-0.2, -0.15) is 4.37 Å². The lowest BCUT2D eigenvalue weighted by molar-refractivity contribution is 0.112. The Morgan fingerprint density at radius 1 is 1.67 bits per heavy atom. The Labute approximate surface area is 75.8 Å². The lowest BCUT2D eigenvalue weighted by Gasteiger charge is -2.24. The molecule has 0 N–H and O–H groups in total. The molecule has 0 amide bonds. The van der Waals surface area contributed by atoms with Crippen LogP contribution in [0.4, 0.5) is 0 Å². The average Bonchev–Trinajstić information content (AvgIpc) is 2.43. The third kappa shape index (κ3) is 1.41. The van der Waals surface area contributed by atoms with Gasteiger partial charge in [-0.1, -0.05) is 19.3 Å². The predicted octanol–water partition coefficient (Wildman–Crippen LogP) is 2.30. The molecule has 1 heterocycles. The van der Waals surface area contributed by atoms with Crippen molar-refractivity contribution in [3.05, 3.63) is 16.6 Å². The van der Waals surface area contributed by atoms with Gasteiger partial charge in [0.2, 0.25) is 0 Å². The number of hydrogen-bond acceptors (Lipinski definition) is 3. The van der Waals surface area contributed by atoms with E-state index in [1.165, 1.54) is 30.8 Å². The van der Waals surface area contributed by atoms with Crippen LogP contribution in [-0.4, -0.2) is 10.7 Å². The fraction of sp³-hybridized carbons (Fsp3) is 0.556. The number of aromatic nitrogens is 1. The highest BCUT2D eigenvalue weighted by Crippen LogP contribution is 2.30. The molecule has 0 radical (unpaired) electrons. The van der Waals surface area contributed by atoms with E-state index in [-0.39, 0.29) is 0 Å². The molecule has 3 heteroatoms. The van der Waals surface area contributed by atoms with E-state index in [0.717, 1.165) is 29.9 Å². The Hall–Kier alpha value is -0.700. The van der Waals surface area contributed by atoms with Crippen LogP contribution in [0.2, 0.25) is 0 Å². The van der Waals surface area contributed by atoms with Crippen molar-refractivity contribution in [2.24, 2.45) is 5.92 Å². The van der Waals surface area contributed by atoms with Crippen LogP contribution in [0.1, 0.15) is 35.3 Å². The minimum Gasteiger partial charge on any atom is -0.298 e. The molecule has 0 saturated heterocycles. The van der Waals surface area contributed by atoms with Crippen molar-refractivity contribution < 1.29 is 4.79 Å². The molecule has 1 aromatic rings. The molecule has 0 unspecified atom stereocenters. The second-order valence-corrected chi connectivity index (χ2v) is 3.96. The maximum Gasteiger partial charge on any atom is 0.152 e.